The van der Waals surface area contributed by atoms with Crippen molar-refractivity contribution in [2.45, 2.75) is 13.1 Å². The lowest BCUT2D eigenvalue weighted by Gasteiger charge is -2.21. The van der Waals surface area contributed by atoms with Crippen LogP contribution in [0.25, 0.3) is 0 Å². The molecule has 0 bridgehead atoms. The Kier molecular flexibility index (Phi) is 4.96. The van der Waals surface area contributed by atoms with Crippen molar-refractivity contribution in [3.8, 4) is 5.75 Å². The van der Waals surface area contributed by atoms with E-state index in [0.717, 1.165) is 30.2 Å². The van der Waals surface area contributed by atoms with Gasteiger partial charge in [0.1, 0.15) is 5.75 Å². The van der Waals surface area contributed by atoms with Crippen molar-refractivity contribution >= 4 is 5.69 Å². The van der Waals surface area contributed by atoms with Crippen molar-refractivity contribution < 1.29 is 4.74 Å². The molecule has 1 N–H and O–H groups in total. The van der Waals surface area contributed by atoms with Crippen LogP contribution < -0.4 is 15.0 Å². The number of para-hydroxylation sites is 1. The number of rotatable bonds is 6. The number of aromatic nitrogens is 1. The zero-order valence-corrected chi connectivity index (χ0v) is 12.3. The minimum absolute atomic E-state index is 0.774. The van der Waals surface area contributed by atoms with E-state index in [1.165, 1.54) is 5.56 Å². The smallest absolute Gasteiger partial charge is 0.123 e. The second-order valence-electron chi connectivity index (χ2n) is 4.70. The summed E-state index contributed by atoms with van der Waals surface area (Å²) in [5.41, 5.74) is 3.36. The maximum atomic E-state index is 5.40. The van der Waals surface area contributed by atoms with E-state index in [-0.39, 0.29) is 0 Å². The van der Waals surface area contributed by atoms with Crippen LogP contribution in [0.1, 0.15) is 11.3 Å². The summed E-state index contributed by atoms with van der Waals surface area (Å²) >= 11 is 0. The van der Waals surface area contributed by atoms with Gasteiger partial charge in [-0.05, 0) is 25.2 Å². The largest absolute Gasteiger partial charge is 0.496 e. The topological polar surface area (TPSA) is 37.4 Å². The molecule has 0 amide bonds. The Morgan fingerprint density at radius 2 is 2.05 bits per heavy atom. The Bertz CT molecular complexity index is 557. The van der Waals surface area contributed by atoms with Gasteiger partial charge in [0.05, 0.1) is 12.8 Å². The molecule has 0 aliphatic rings. The number of nitrogens with zero attached hydrogens (tertiary/aromatic N) is 2. The van der Waals surface area contributed by atoms with E-state index in [1.807, 2.05) is 37.5 Å². The van der Waals surface area contributed by atoms with Crippen LogP contribution in [0, 0.1) is 0 Å². The molecule has 0 unspecified atom stereocenters. The first-order chi connectivity index (χ1) is 9.74. The Balaban J connectivity index is 2.15. The molecule has 2 aromatic rings. The number of methoxy groups -OCH3 is 1. The maximum Gasteiger partial charge on any atom is 0.123 e. The van der Waals surface area contributed by atoms with Gasteiger partial charge in [0.2, 0.25) is 0 Å². The molecule has 1 aromatic heterocycles. The minimum atomic E-state index is 0.774. The summed E-state index contributed by atoms with van der Waals surface area (Å²) < 4.78 is 5.40. The molecule has 0 atom stereocenters. The van der Waals surface area contributed by atoms with Crippen LogP contribution >= 0.6 is 0 Å². The van der Waals surface area contributed by atoms with Crippen molar-refractivity contribution in [1.29, 1.82) is 0 Å². The second kappa shape index (κ2) is 6.91. The van der Waals surface area contributed by atoms with Crippen LogP contribution in [0.4, 0.5) is 5.69 Å². The highest BCUT2D eigenvalue weighted by Crippen LogP contribution is 2.22. The molecule has 0 saturated heterocycles. The standard InChI is InChI=1S/C16H21N3O/c1-17-11-14-10-15(8-9-18-14)19(2)12-13-6-4-5-7-16(13)20-3/h4-10,17H,11-12H2,1-3H3. The molecule has 2 rings (SSSR count). The molecule has 0 fully saturated rings. The summed E-state index contributed by atoms with van der Waals surface area (Å²) in [7, 11) is 5.70. The molecule has 0 aliphatic carbocycles. The zero-order chi connectivity index (χ0) is 14.4. The van der Waals surface area contributed by atoms with Gasteiger partial charge in [-0.3, -0.25) is 4.98 Å². The average Bonchev–Trinajstić information content (AvgIpc) is 2.48. The van der Waals surface area contributed by atoms with E-state index >= 15 is 0 Å². The molecule has 4 nitrogen and oxygen atoms in total. The highest BCUT2D eigenvalue weighted by molar-refractivity contribution is 5.47. The SMILES string of the molecule is CNCc1cc(N(C)Cc2ccccc2OC)ccn1. The lowest BCUT2D eigenvalue weighted by molar-refractivity contribution is 0.409. The quantitative estimate of drug-likeness (QED) is 0.875. The summed E-state index contributed by atoms with van der Waals surface area (Å²) in [5.74, 6) is 0.920. The number of nitrogens with one attached hydrogen (secondary N) is 1. The number of hydrogen-bond donors (Lipinski definition) is 1. The minimum Gasteiger partial charge on any atom is -0.496 e. The monoisotopic (exact) mass is 271 g/mol. The summed E-state index contributed by atoms with van der Waals surface area (Å²) in [6, 6.07) is 12.2. The Hall–Kier alpha value is -2.07. The predicted octanol–water partition coefficient (Wildman–Crippen LogP) is 2.45. The van der Waals surface area contributed by atoms with Gasteiger partial charge in [-0.1, -0.05) is 18.2 Å². The number of anilines is 1. The van der Waals surface area contributed by atoms with Gasteiger partial charge >= 0.3 is 0 Å². The van der Waals surface area contributed by atoms with E-state index in [2.05, 4.69) is 34.4 Å². The highest BCUT2D eigenvalue weighted by Gasteiger charge is 2.07. The predicted molar refractivity (Wildman–Crippen MR) is 82.1 cm³/mol. The Morgan fingerprint density at radius 1 is 1.25 bits per heavy atom. The molecule has 106 valence electrons. The van der Waals surface area contributed by atoms with Gasteiger partial charge in [0, 0.05) is 37.6 Å². The first-order valence-corrected chi connectivity index (χ1v) is 6.67. The van der Waals surface area contributed by atoms with Crippen molar-refractivity contribution in [2.24, 2.45) is 0 Å². The van der Waals surface area contributed by atoms with E-state index in [4.69, 9.17) is 4.74 Å². The molecule has 20 heavy (non-hydrogen) atoms. The van der Waals surface area contributed by atoms with Crippen LogP contribution in [0.3, 0.4) is 0 Å². The third-order valence-corrected chi connectivity index (χ3v) is 3.20. The van der Waals surface area contributed by atoms with Gasteiger partial charge in [-0.15, -0.1) is 0 Å². The molecular formula is C16H21N3O. The van der Waals surface area contributed by atoms with Crippen molar-refractivity contribution in [3.05, 3.63) is 53.9 Å². The lowest BCUT2D eigenvalue weighted by Crippen LogP contribution is -2.17. The van der Waals surface area contributed by atoms with Crippen LogP contribution in [0.15, 0.2) is 42.6 Å². The molecule has 1 heterocycles. The number of pyridine rings is 1. The molecule has 0 saturated carbocycles. The number of hydrogen-bond acceptors (Lipinski definition) is 4. The molecule has 1 aromatic carbocycles. The molecular weight excluding hydrogens is 250 g/mol. The third kappa shape index (κ3) is 3.48. The van der Waals surface area contributed by atoms with Gasteiger partial charge in [-0.25, -0.2) is 0 Å². The summed E-state index contributed by atoms with van der Waals surface area (Å²) in [6.07, 6.45) is 1.85. The van der Waals surface area contributed by atoms with E-state index < -0.39 is 0 Å². The van der Waals surface area contributed by atoms with Crippen LogP contribution in [0.2, 0.25) is 0 Å². The molecule has 4 heteroatoms. The summed E-state index contributed by atoms with van der Waals surface area (Å²) in [5, 5.41) is 3.12. The van der Waals surface area contributed by atoms with E-state index in [1.54, 1.807) is 7.11 Å². The van der Waals surface area contributed by atoms with Crippen molar-refractivity contribution in [2.75, 3.05) is 26.1 Å². The van der Waals surface area contributed by atoms with E-state index in [0.29, 0.717) is 0 Å². The zero-order valence-electron chi connectivity index (χ0n) is 12.3. The number of ether oxygens (including phenoxy) is 1. The highest BCUT2D eigenvalue weighted by atomic mass is 16.5. The molecule has 0 spiro atoms. The third-order valence-electron chi connectivity index (χ3n) is 3.20. The maximum absolute atomic E-state index is 5.40. The van der Waals surface area contributed by atoms with E-state index in [9.17, 15) is 0 Å². The molecule has 0 aliphatic heterocycles. The van der Waals surface area contributed by atoms with Crippen LogP contribution in [-0.2, 0) is 13.1 Å². The van der Waals surface area contributed by atoms with Gasteiger partial charge in [-0.2, -0.15) is 0 Å². The fourth-order valence-corrected chi connectivity index (χ4v) is 2.16. The average molecular weight is 271 g/mol. The fourth-order valence-electron chi connectivity index (χ4n) is 2.16. The van der Waals surface area contributed by atoms with Gasteiger partial charge < -0.3 is 15.0 Å². The van der Waals surface area contributed by atoms with Crippen LogP contribution in [-0.4, -0.2) is 26.2 Å². The normalized spacial score (nSPS) is 10.3. The van der Waals surface area contributed by atoms with Crippen LogP contribution in [0.5, 0.6) is 5.75 Å². The fraction of sp³-hybridized carbons (Fsp3) is 0.312. The lowest BCUT2D eigenvalue weighted by atomic mass is 10.2. The summed E-state index contributed by atoms with van der Waals surface area (Å²) in [6.45, 7) is 1.57. The summed E-state index contributed by atoms with van der Waals surface area (Å²) in [4.78, 5) is 6.53. The Labute approximate surface area is 120 Å². The second-order valence-corrected chi connectivity index (χ2v) is 4.70. The first-order valence-electron chi connectivity index (χ1n) is 6.67. The van der Waals surface area contributed by atoms with Gasteiger partial charge in [0.15, 0.2) is 0 Å². The Morgan fingerprint density at radius 3 is 2.80 bits per heavy atom. The van der Waals surface area contributed by atoms with Crippen molar-refractivity contribution in [1.82, 2.24) is 10.3 Å². The molecule has 0 radical (unpaired) electrons. The van der Waals surface area contributed by atoms with Gasteiger partial charge in [0.25, 0.3) is 0 Å². The first kappa shape index (κ1) is 14.3. The van der Waals surface area contributed by atoms with Crippen molar-refractivity contribution in [3.63, 3.8) is 0 Å². The number of benzene rings is 1.